The van der Waals surface area contributed by atoms with Crippen molar-refractivity contribution in [1.29, 1.82) is 0 Å². The Morgan fingerprint density at radius 3 is 2.60 bits per heavy atom. The molecule has 138 valence electrons. The first-order valence-corrected chi connectivity index (χ1v) is 8.87. The predicted octanol–water partition coefficient (Wildman–Crippen LogP) is 2.18. The van der Waals surface area contributed by atoms with E-state index in [2.05, 4.69) is 15.6 Å². The molecule has 1 aromatic rings. The van der Waals surface area contributed by atoms with E-state index >= 15 is 0 Å². The standard InChI is InChI=1S/C19H29FN4O/c1-21-18(22-12-9-15-7-6-8-16(20)13-15)23-14-19(10-4-5-11-19)17(25)24(2)3/h6-8,13H,4-5,9-12,14H2,1-3H3,(H2,21,22,23). The maximum absolute atomic E-state index is 13.2. The lowest BCUT2D eigenvalue weighted by Crippen LogP contribution is -2.49. The van der Waals surface area contributed by atoms with Crippen molar-refractivity contribution < 1.29 is 9.18 Å². The third-order valence-corrected chi connectivity index (χ3v) is 4.83. The zero-order chi connectivity index (χ0) is 18.3. The Balaban J connectivity index is 1.86. The summed E-state index contributed by atoms with van der Waals surface area (Å²) in [5.41, 5.74) is 0.613. The SMILES string of the molecule is CN=C(NCCc1cccc(F)c1)NCC1(C(=O)N(C)C)CCCC1. The number of halogens is 1. The van der Waals surface area contributed by atoms with E-state index in [1.165, 1.54) is 6.07 Å². The van der Waals surface area contributed by atoms with Crippen LogP contribution in [0.2, 0.25) is 0 Å². The van der Waals surface area contributed by atoms with E-state index < -0.39 is 0 Å². The van der Waals surface area contributed by atoms with E-state index in [4.69, 9.17) is 0 Å². The number of rotatable bonds is 6. The Hall–Kier alpha value is -2.11. The summed E-state index contributed by atoms with van der Waals surface area (Å²) in [6.07, 6.45) is 4.72. The Morgan fingerprint density at radius 1 is 1.28 bits per heavy atom. The highest BCUT2D eigenvalue weighted by Crippen LogP contribution is 2.38. The van der Waals surface area contributed by atoms with Gasteiger partial charge in [0.15, 0.2) is 5.96 Å². The molecule has 1 saturated carbocycles. The molecule has 0 radical (unpaired) electrons. The van der Waals surface area contributed by atoms with Crippen LogP contribution in [0.15, 0.2) is 29.3 Å². The van der Waals surface area contributed by atoms with Gasteiger partial charge in [0.1, 0.15) is 5.82 Å². The molecule has 0 spiro atoms. The van der Waals surface area contributed by atoms with Crippen molar-refractivity contribution in [3.8, 4) is 0 Å². The molecule has 6 heteroatoms. The molecule has 1 aliphatic rings. The number of hydrogen-bond donors (Lipinski definition) is 2. The van der Waals surface area contributed by atoms with Gasteiger partial charge >= 0.3 is 0 Å². The van der Waals surface area contributed by atoms with Gasteiger partial charge in [0.2, 0.25) is 5.91 Å². The fourth-order valence-corrected chi connectivity index (χ4v) is 3.48. The molecule has 1 aromatic carbocycles. The molecule has 2 N–H and O–H groups in total. The molecule has 5 nitrogen and oxygen atoms in total. The van der Waals surface area contributed by atoms with Crippen LogP contribution in [0.4, 0.5) is 4.39 Å². The summed E-state index contributed by atoms with van der Waals surface area (Å²) in [6, 6.07) is 6.61. The topological polar surface area (TPSA) is 56.7 Å². The van der Waals surface area contributed by atoms with Crippen LogP contribution in [0.3, 0.4) is 0 Å². The average Bonchev–Trinajstić information content (AvgIpc) is 3.07. The quantitative estimate of drug-likeness (QED) is 0.612. The minimum Gasteiger partial charge on any atom is -0.356 e. The summed E-state index contributed by atoms with van der Waals surface area (Å²) in [4.78, 5) is 18.5. The Labute approximate surface area is 149 Å². The van der Waals surface area contributed by atoms with Crippen molar-refractivity contribution in [1.82, 2.24) is 15.5 Å². The summed E-state index contributed by atoms with van der Waals surface area (Å²) in [5, 5.41) is 6.54. The van der Waals surface area contributed by atoms with E-state index in [0.29, 0.717) is 25.5 Å². The summed E-state index contributed by atoms with van der Waals surface area (Å²) >= 11 is 0. The molecular weight excluding hydrogens is 319 g/mol. The van der Waals surface area contributed by atoms with Gasteiger partial charge in [-0.3, -0.25) is 9.79 Å². The number of aliphatic imine (C=N–C) groups is 1. The van der Waals surface area contributed by atoms with Crippen LogP contribution in [0, 0.1) is 11.2 Å². The number of carbonyl (C=O) groups is 1. The molecule has 1 amide bonds. The Morgan fingerprint density at radius 2 is 2.00 bits per heavy atom. The van der Waals surface area contributed by atoms with Crippen LogP contribution in [0.5, 0.6) is 0 Å². The number of carbonyl (C=O) groups excluding carboxylic acids is 1. The predicted molar refractivity (Wildman–Crippen MR) is 99.1 cm³/mol. The third kappa shape index (κ3) is 5.18. The van der Waals surface area contributed by atoms with Crippen molar-refractivity contribution in [3.05, 3.63) is 35.6 Å². The molecule has 1 fully saturated rings. The molecular formula is C19H29FN4O. The van der Waals surface area contributed by atoms with Crippen molar-refractivity contribution in [3.63, 3.8) is 0 Å². The largest absolute Gasteiger partial charge is 0.356 e. The second kappa shape index (κ2) is 8.83. The number of amides is 1. The van der Waals surface area contributed by atoms with Gasteiger partial charge in [-0.2, -0.15) is 0 Å². The lowest BCUT2D eigenvalue weighted by atomic mass is 9.84. The second-order valence-corrected chi connectivity index (χ2v) is 6.92. The lowest BCUT2D eigenvalue weighted by molar-refractivity contribution is -0.138. The van der Waals surface area contributed by atoms with Crippen LogP contribution < -0.4 is 10.6 Å². The first-order chi connectivity index (χ1) is 12.0. The van der Waals surface area contributed by atoms with Crippen LogP contribution in [0.25, 0.3) is 0 Å². The number of nitrogens with one attached hydrogen (secondary N) is 2. The van der Waals surface area contributed by atoms with Crippen LogP contribution in [0.1, 0.15) is 31.2 Å². The molecule has 0 bridgehead atoms. The molecule has 0 aromatic heterocycles. The van der Waals surface area contributed by atoms with Gasteiger partial charge in [-0.15, -0.1) is 0 Å². The highest BCUT2D eigenvalue weighted by molar-refractivity contribution is 5.85. The normalized spacial score (nSPS) is 16.6. The maximum atomic E-state index is 13.2. The minimum absolute atomic E-state index is 0.188. The second-order valence-electron chi connectivity index (χ2n) is 6.92. The zero-order valence-corrected chi connectivity index (χ0v) is 15.4. The van der Waals surface area contributed by atoms with Gasteiger partial charge in [-0.25, -0.2) is 4.39 Å². The van der Waals surface area contributed by atoms with Crippen molar-refractivity contribution in [2.24, 2.45) is 10.4 Å². The monoisotopic (exact) mass is 348 g/mol. The fourth-order valence-electron chi connectivity index (χ4n) is 3.48. The molecule has 25 heavy (non-hydrogen) atoms. The van der Waals surface area contributed by atoms with E-state index in [9.17, 15) is 9.18 Å². The lowest BCUT2D eigenvalue weighted by Gasteiger charge is -2.31. The third-order valence-electron chi connectivity index (χ3n) is 4.83. The van der Waals surface area contributed by atoms with Crippen molar-refractivity contribution in [2.45, 2.75) is 32.1 Å². The van der Waals surface area contributed by atoms with Crippen molar-refractivity contribution >= 4 is 11.9 Å². The molecule has 1 aliphatic carbocycles. The molecule has 0 aliphatic heterocycles. The van der Waals surface area contributed by atoms with Gasteiger partial charge in [0.25, 0.3) is 0 Å². The fraction of sp³-hybridized carbons (Fsp3) is 0.579. The average molecular weight is 348 g/mol. The first-order valence-electron chi connectivity index (χ1n) is 8.87. The highest BCUT2D eigenvalue weighted by atomic mass is 19.1. The molecule has 0 unspecified atom stereocenters. The zero-order valence-electron chi connectivity index (χ0n) is 15.4. The van der Waals surface area contributed by atoms with Crippen LogP contribution in [-0.4, -0.2) is 51.0 Å². The van der Waals surface area contributed by atoms with Crippen LogP contribution in [-0.2, 0) is 11.2 Å². The van der Waals surface area contributed by atoms with Gasteiger partial charge < -0.3 is 15.5 Å². The summed E-state index contributed by atoms with van der Waals surface area (Å²) in [5.74, 6) is 0.646. The number of benzene rings is 1. The van der Waals surface area contributed by atoms with Gasteiger partial charge in [-0.1, -0.05) is 25.0 Å². The molecule has 0 heterocycles. The van der Waals surface area contributed by atoms with Gasteiger partial charge in [-0.05, 0) is 37.0 Å². The number of guanidine groups is 1. The van der Waals surface area contributed by atoms with E-state index in [1.54, 1.807) is 24.1 Å². The highest BCUT2D eigenvalue weighted by Gasteiger charge is 2.42. The van der Waals surface area contributed by atoms with E-state index in [0.717, 1.165) is 31.2 Å². The van der Waals surface area contributed by atoms with E-state index in [-0.39, 0.29) is 17.1 Å². The minimum atomic E-state index is -0.330. The molecule has 0 saturated heterocycles. The van der Waals surface area contributed by atoms with Gasteiger partial charge in [0, 0.05) is 34.2 Å². The van der Waals surface area contributed by atoms with Crippen LogP contribution >= 0.6 is 0 Å². The number of hydrogen-bond acceptors (Lipinski definition) is 2. The smallest absolute Gasteiger partial charge is 0.230 e. The van der Waals surface area contributed by atoms with Crippen molar-refractivity contribution in [2.75, 3.05) is 34.2 Å². The summed E-state index contributed by atoms with van der Waals surface area (Å²) < 4.78 is 13.2. The first kappa shape index (κ1) is 19.2. The Bertz CT molecular complexity index is 609. The van der Waals surface area contributed by atoms with E-state index in [1.807, 2.05) is 20.2 Å². The van der Waals surface area contributed by atoms with Gasteiger partial charge in [0.05, 0.1) is 5.41 Å². The maximum Gasteiger partial charge on any atom is 0.230 e. The number of nitrogens with zero attached hydrogens (tertiary/aromatic N) is 2. The molecule has 0 atom stereocenters. The molecule has 2 rings (SSSR count). The summed E-state index contributed by atoms with van der Waals surface area (Å²) in [6.45, 7) is 1.24. The summed E-state index contributed by atoms with van der Waals surface area (Å²) in [7, 11) is 5.34. The Kier molecular flexibility index (Phi) is 6.79.